The number of urea groups is 1. The largest absolute Gasteiger partial charge is 0.378 e. The highest BCUT2D eigenvalue weighted by atomic mass is 19.1. The molecule has 0 bridgehead atoms. The van der Waals surface area contributed by atoms with Crippen LogP contribution in [0.25, 0.3) is 0 Å². The number of carbonyl (C=O) groups is 1. The van der Waals surface area contributed by atoms with Gasteiger partial charge < -0.3 is 15.5 Å². The van der Waals surface area contributed by atoms with Gasteiger partial charge in [0.15, 0.2) is 0 Å². The molecule has 2 amide bonds. The third-order valence-electron chi connectivity index (χ3n) is 7.56. The molecule has 3 aromatic carbocycles. The number of hydrogen-bond donors (Lipinski definition) is 2. The monoisotopic (exact) mass is 486 g/mol. The molecule has 0 radical (unpaired) electrons. The lowest BCUT2D eigenvalue weighted by molar-refractivity contribution is 0.171. The Balaban J connectivity index is 1.33. The molecule has 1 heterocycles. The van der Waals surface area contributed by atoms with Crippen molar-refractivity contribution in [3.63, 3.8) is 0 Å². The van der Waals surface area contributed by atoms with E-state index >= 15 is 0 Å². The quantitative estimate of drug-likeness (QED) is 0.479. The number of nitrogens with zero attached hydrogens (tertiary/aromatic N) is 2. The van der Waals surface area contributed by atoms with Gasteiger partial charge in [0.1, 0.15) is 5.82 Å². The summed E-state index contributed by atoms with van der Waals surface area (Å²) in [5.41, 5.74) is 5.21. The van der Waals surface area contributed by atoms with E-state index < -0.39 is 0 Å². The van der Waals surface area contributed by atoms with E-state index in [2.05, 4.69) is 39.8 Å². The molecule has 0 aromatic heterocycles. The van der Waals surface area contributed by atoms with Crippen LogP contribution in [0.4, 0.5) is 20.6 Å². The zero-order valence-electron chi connectivity index (χ0n) is 21.1. The van der Waals surface area contributed by atoms with Crippen molar-refractivity contribution in [1.82, 2.24) is 10.2 Å². The standard InChI is InChI=1S/C30H35FN4O/c1-34(2)27-10-5-9-26(18-27)32-29(36)33-30(19-23-7-3-4-8-24(23)20-30)21-35-16-6-11-28(35)17-22-12-14-25(31)15-13-22/h3-5,7-10,12-15,18,28H,6,11,16-17,19-21H2,1-2H3,(H2,32,33,36). The molecule has 5 rings (SSSR count). The summed E-state index contributed by atoms with van der Waals surface area (Å²) in [6, 6.07) is 23.5. The summed E-state index contributed by atoms with van der Waals surface area (Å²) in [4.78, 5) is 17.8. The fourth-order valence-electron chi connectivity index (χ4n) is 5.81. The van der Waals surface area contributed by atoms with Crippen LogP contribution in [0.3, 0.4) is 0 Å². The van der Waals surface area contributed by atoms with Crippen LogP contribution in [0.5, 0.6) is 0 Å². The van der Waals surface area contributed by atoms with Gasteiger partial charge in [-0.25, -0.2) is 9.18 Å². The number of carbonyl (C=O) groups excluding carboxylic acids is 1. The number of anilines is 2. The fraction of sp³-hybridized carbons (Fsp3) is 0.367. The lowest BCUT2D eigenvalue weighted by Gasteiger charge is -2.37. The van der Waals surface area contributed by atoms with Gasteiger partial charge in [-0.15, -0.1) is 0 Å². The molecule has 2 aliphatic rings. The molecule has 3 aromatic rings. The van der Waals surface area contributed by atoms with Gasteiger partial charge in [-0.05, 0) is 85.7 Å². The molecule has 0 spiro atoms. The highest BCUT2D eigenvalue weighted by Crippen LogP contribution is 2.33. The van der Waals surface area contributed by atoms with Crippen molar-refractivity contribution < 1.29 is 9.18 Å². The Labute approximate surface area is 213 Å². The molecule has 1 fully saturated rings. The molecule has 6 heteroatoms. The summed E-state index contributed by atoms with van der Waals surface area (Å²) in [5, 5.41) is 6.47. The number of benzene rings is 3. The Hall–Kier alpha value is -3.38. The third kappa shape index (κ3) is 5.54. The van der Waals surface area contributed by atoms with E-state index in [4.69, 9.17) is 0 Å². The van der Waals surface area contributed by atoms with E-state index in [1.807, 2.05) is 55.4 Å². The second-order valence-electron chi connectivity index (χ2n) is 10.5. The van der Waals surface area contributed by atoms with Gasteiger partial charge in [0.05, 0.1) is 5.54 Å². The summed E-state index contributed by atoms with van der Waals surface area (Å²) >= 11 is 0. The van der Waals surface area contributed by atoms with Crippen LogP contribution in [0, 0.1) is 5.82 Å². The molecule has 1 saturated heterocycles. The fourth-order valence-corrected chi connectivity index (χ4v) is 5.81. The van der Waals surface area contributed by atoms with Crippen LogP contribution in [-0.4, -0.2) is 49.7 Å². The van der Waals surface area contributed by atoms with E-state index in [1.165, 1.54) is 11.1 Å². The zero-order chi connectivity index (χ0) is 25.1. The Kier molecular flexibility index (Phi) is 6.97. The molecule has 0 saturated carbocycles. The Morgan fingerprint density at radius 3 is 2.44 bits per heavy atom. The molecule has 188 valence electrons. The molecular formula is C30H35FN4O. The van der Waals surface area contributed by atoms with Crippen LogP contribution >= 0.6 is 0 Å². The third-order valence-corrected chi connectivity index (χ3v) is 7.56. The maximum atomic E-state index is 13.4. The van der Waals surface area contributed by atoms with E-state index in [0.29, 0.717) is 6.04 Å². The number of amides is 2. The number of fused-ring (bicyclic) bond motifs is 1. The number of likely N-dealkylation sites (tertiary alicyclic amines) is 1. The first-order valence-corrected chi connectivity index (χ1v) is 12.8. The second kappa shape index (κ2) is 10.3. The van der Waals surface area contributed by atoms with Crippen LogP contribution in [-0.2, 0) is 19.3 Å². The molecule has 36 heavy (non-hydrogen) atoms. The lowest BCUT2D eigenvalue weighted by Crippen LogP contribution is -2.58. The minimum atomic E-state index is -0.377. The molecule has 1 aliphatic carbocycles. The number of hydrogen-bond acceptors (Lipinski definition) is 3. The first-order valence-electron chi connectivity index (χ1n) is 12.8. The van der Waals surface area contributed by atoms with Gasteiger partial charge in [-0.2, -0.15) is 0 Å². The van der Waals surface area contributed by atoms with E-state index in [1.54, 1.807) is 12.1 Å². The lowest BCUT2D eigenvalue weighted by atomic mass is 9.93. The van der Waals surface area contributed by atoms with Crippen molar-refractivity contribution in [2.45, 2.75) is 43.7 Å². The van der Waals surface area contributed by atoms with Crippen molar-refractivity contribution in [3.8, 4) is 0 Å². The van der Waals surface area contributed by atoms with Gasteiger partial charge in [0.2, 0.25) is 0 Å². The maximum Gasteiger partial charge on any atom is 0.319 e. The minimum Gasteiger partial charge on any atom is -0.378 e. The Morgan fingerprint density at radius 2 is 1.75 bits per heavy atom. The van der Waals surface area contributed by atoms with Crippen molar-refractivity contribution in [3.05, 3.63) is 95.3 Å². The average Bonchev–Trinajstić information content (AvgIpc) is 3.44. The predicted octanol–water partition coefficient (Wildman–Crippen LogP) is 5.26. The topological polar surface area (TPSA) is 47.6 Å². The van der Waals surface area contributed by atoms with Crippen LogP contribution < -0.4 is 15.5 Å². The van der Waals surface area contributed by atoms with E-state index in [-0.39, 0.29) is 17.4 Å². The molecule has 1 aliphatic heterocycles. The predicted molar refractivity (Wildman–Crippen MR) is 144 cm³/mol. The molecular weight excluding hydrogens is 451 g/mol. The summed E-state index contributed by atoms with van der Waals surface area (Å²) < 4.78 is 13.4. The Morgan fingerprint density at radius 1 is 1.03 bits per heavy atom. The first-order chi connectivity index (χ1) is 17.4. The molecule has 5 nitrogen and oxygen atoms in total. The van der Waals surface area contributed by atoms with Crippen molar-refractivity contribution >= 4 is 17.4 Å². The summed E-state index contributed by atoms with van der Waals surface area (Å²) in [7, 11) is 3.98. The Bertz CT molecular complexity index is 1180. The molecule has 1 unspecified atom stereocenters. The highest BCUT2D eigenvalue weighted by Gasteiger charge is 2.42. The van der Waals surface area contributed by atoms with Crippen molar-refractivity contribution in [2.24, 2.45) is 0 Å². The SMILES string of the molecule is CN(C)c1cccc(NC(=O)NC2(CN3CCCC3Cc3ccc(F)cc3)Cc3ccccc3C2)c1. The second-order valence-corrected chi connectivity index (χ2v) is 10.5. The van der Waals surface area contributed by atoms with Crippen molar-refractivity contribution in [1.29, 1.82) is 0 Å². The van der Waals surface area contributed by atoms with Gasteiger partial charge in [0.25, 0.3) is 0 Å². The maximum absolute atomic E-state index is 13.4. The normalized spacial score (nSPS) is 18.6. The molecule has 1 atom stereocenters. The zero-order valence-corrected chi connectivity index (χ0v) is 21.1. The number of halogens is 1. The highest BCUT2D eigenvalue weighted by molar-refractivity contribution is 5.90. The van der Waals surface area contributed by atoms with Crippen LogP contribution in [0.15, 0.2) is 72.8 Å². The van der Waals surface area contributed by atoms with Crippen molar-refractivity contribution in [2.75, 3.05) is 37.4 Å². The number of nitrogens with one attached hydrogen (secondary N) is 2. The van der Waals surface area contributed by atoms with Crippen LogP contribution in [0.2, 0.25) is 0 Å². The van der Waals surface area contributed by atoms with Gasteiger partial charge in [0, 0.05) is 38.1 Å². The smallest absolute Gasteiger partial charge is 0.319 e. The van der Waals surface area contributed by atoms with E-state index in [0.717, 1.165) is 62.1 Å². The summed E-state index contributed by atoms with van der Waals surface area (Å²) in [5.74, 6) is -0.198. The van der Waals surface area contributed by atoms with Gasteiger partial charge in [-0.1, -0.05) is 42.5 Å². The summed E-state index contributed by atoms with van der Waals surface area (Å²) in [6.07, 6.45) is 4.78. The van der Waals surface area contributed by atoms with Gasteiger partial charge >= 0.3 is 6.03 Å². The van der Waals surface area contributed by atoms with E-state index in [9.17, 15) is 9.18 Å². The molecule has 2 N–H and O–H groups in total. The number of rotatable bonds is 7. The average molecular weight is 487 g/mol. The summed E-state index contributed by atoms with van der Waals surface area (Å²) in [6.45, 7) is 1.80. The first kappa shape index (κ1) is 24.3. The minimum absolute atomic E-state index is 0.173. The van der Waals surface area contributed by atoms with Crippen LogP contribution in [0.1, 0.15) is 29.5 Å². The van der Waals surface area contributed by atoms with Gasteiger partial charge in [-0.3, -0.25) is 4.90 Å².